The molecule has 0 aliphatic heterocycles. The number of ether oxygens (including phenoxy) is 1. The number of hydrogen-bond acceptors (Lipinski definition) is 3. The normalized spacial score (nSPS) is 10.2. The SMILES string of the molecule is COC(=O)Cc1ccccc1CN(C)c1cccc(C)c1. The van der Waals surface area contributed by atoms with Crippen LogP contribution >= 0.6 is 0 Å². The first-order valence-corrected chi connectivity index (χ1v) is 7.01. The maximum atomic E-state index is 11.5. The predicted molar refractivity (Wildman–Crippen MR) is 85.4 cm³/mol. The van der Waals surface area contributed by atoms with Crippen LogP contribution in [-0.4, -0.2) is 20.1 Å². The molecule has 0 aromatic heterocycles. The number of carbonyl (C=O) groups excluding carboxylic acids is 1. The summed E-state index contributed by atoms with van der Waals surface area (Å²) in [5.74, 6) is -0.208. The van der Waals surface area contributed by atoms with Crippen LogP contribution in [0, 0.1) is 6.92 Å². The summed E-state index contributed by atoms with van der Waals surface area (Å²) in [5, 5.41) is 0. The Morgan fingerprint density at radius 2 is 1.81 bits per heavy atom. The number of aryl methyl sites for hydroxylation is 1. The van der Waals surface area contributed by atoms with Crippen LogP contribution in [0.5, 0.6) is 0 Å². The summed E-state index contributed by atoms with van der Waals surface area (Å²) >= 11 is 0. The molecule has 2 aromatic carbocycles. The third-order valence-corrected chi connectivity index (χ3v) is 3.53. The number of nitrogens with zero attached hydrogens (tertiary/aromatic N) is 1. The zero-order chi connectivity index (χ0) is 15.2. The van der Waals surface area contributed by atoms with E-state index in [0.717, 1.165) is 17.7 Å². The van der Waals surface area contributed by atoms with Gasteiger partial charge in [-0.3, -0.25) is 4.79 Å². The van der Waals surface area contributed by atoms with Crippen molar-refractivity contribution < 1.29 is 9.53 Å². The van der Waals surface area contributed by atoms with Gasteiger partial charge in [0.1, 0.15) is 0 Å². The summed E-state index contributed by atoms with van der Waals surface area (Å²) in [6.07, 6.45) is 0.314. The average Bonchev–Trinajstić information content (AvgIpc) is 2.49. The largest absolute Gasteiger partial charge is 0.469 e. The molecule has 0 aliphatic rings. The highest BCUT2D eigenvalue weighted by atomic mass is 16.5. The van der Waals surface area contributed by atoms with E-state index in [2.05, 4.69) is 49.2 Å². The highest BCUT2D eigenvalue weighted by Gasteiger charge is 2.10. The molecule has 0 spiro atoms. The van der Waals surface area contributed by atoms with Gasteiger partial charge in [-0.2, -0.15) is 0 Å². The Bertz CT molecular complexity index is 622. The number of esters is 1. The van der Waals surface area contributed by atoms with Crippen molar-refractivity contribution in [2.75, 3.05) is 19.1 Å². The topological polar surface area (TPSA) is 29.5 Å². The van der Waals surface area contributed by atoms with Gasteiger partial charge in [-0.1, -0.05) is 36.4 Å². The molecule has 0 N–H and O–H groups in total. The maximum absolute atomic E-state index is 11.5. The van der Waals surface area contributed by atoms with Crippen molar-refractivity contribution >= 4 is 11.7 Å². The third kappa shape index (κ3) is 4.09. The van der Waals surface area contributed by atoms with E-state index < -0.39 is 0 Å². The van der Waals surface area contributed by atoms with Crippen LogP contribution in [0.3, 0.4) is 0 Å². The molecule has 0 atom stereocenters. The van der Waals surface area contributed by atoms with Gasteiger partial charge in [-0.15, -0.1) is 0 Å². The summed E-state index contributed by atoms with van der Waals surface area (Å²) in [6.45, 7) is 2.85. The van der Waals surface area contributed by atoms with Crippen LogP contribution < -0.4 is 4.90 Å². The lowest BCUT2D eigenvalue weighted by Crippen LogP contribution is -2.18. The zero-order valence-electron chi connectivity index (χ0n) is 12.8. The summed E-state index contributed by atoms with van der Waals surface area (Å²) in [6, 6.07) is 16.4. The summed E-state index contributed by atoms with van der Waals surface area (Å²) in [5.41, 5.74) is 4.57. The Morgan fingerprint density at radius 3 is 2.48 bits per heavy atom. The average molecular weight is 283 g/mol. The molecule has 2 rings (SSSR count). The fourth-order valence-electron chi connectivity index (χ4n) is 2.32. The molecule has 0 amide bonds. The van der Waals surface area contributed by atoms with E-state index in [1.807, 2.05) is 18.2 Å². The number of rotatable bonds is 5. The van der Waals surface area contributed by atoms with Crippen molar-refractivity contribution in [1.29, 1.82) is 0 Å². The van der Waals surface area contributed by atoms with E-state index in [-0.39, 0.29) is 5.97 Å². The molecule has 0 bridgehead atoms. The lowest BCUT2D eigenvalue weighted by molar-refractivity contribution is -0.139. The predicted octanol–water partition coefficient (Wildman–Crippen LogP) is 3.35. The maximum Gasteiger partial charge on any atom is 0.309 e. The standard InChI is InChI=1S/C18H21NO2/c1-14-7-6-10-17(11-14)19(2)13-16-9-5-4-8-15(16)12-18(20)21-3/h4-11H,12-13H2,1-3H3. The summed E-state index contributed by atoms with van der Waals surface area (Å²) in [4.78, 5) is 13.7. The first kappa shape index (κ1) is 15.1. The zero-order valence-corrected chi connectivity index (χ0v) is 12.8. The number of carbonyl (C=O) groups is 1. The van der Waals surface area contributed by atoms with Gasteiger partial charge >= 0.3 is 5.97 Å². The first-order valence-electron chi connectivity index (χ1n) is 7.01. The molecular formula is C18H21NO2. The Morgan fingerprint density at radius 1 is 1.10 bits per heavy atom. The summed E-state index contributed by atoms with van der Waals surface area (Å²) in [7, 11) is 3.48. The second-order valence-electron chi connectivity index (χ2n) is 5.22. The smallest absolute Gasteiger partial charge is 0.309 e. The van der Waals surface area contributed by atoms with E-state index in [0.29, 0.717) is 6.42 Å². The number of anilines is 1. The quantitative estimate of drug-likeness (QED) is 0.788. The van der Waals surface area contributed by atoms with Gasteiger partial charge in [-0.25, -0.2) is 0 Å². The van der Waals surface area contributed by atoms with Crippen molar-refractivity contribution in [1.82, 2.24) is 0 Å². The minimum absolute atomic E-state index is 0.208. The van der Waals surface area contributed by atoms with Gasteiger partial charge in [-0.05, 0) is 35.7 Å². The molecule has 0 unspecified atom stereocenters. The minimum Gasteiger partial charge on any atom is -0.469 e. The highest BCUT2D eigenvalue weighted by Crippen LogP contribution is 2.19. The number of benzene rings is 2. The van der Waals surface area contributed by atoms with Gasteiger partial charge in [0.25, 0.3) is 0 Å². The molecule has 0 saturated heterocycles. The van der Waals surface area contributed by atoms with Crippen LogP contribution in [-0.2, 0) is 22.5 Å². The van der Waals surface area contributed by atoms with Crippen molar-refractivity contribution in [3.63, 3.8) is 0 Å². The van der Waals surface area contributed by atoms with Crippen molar-refractivity contribution in [2.45, 2.75) is 19.9 Å². The number of methoxy groups -OCH3 is 1. The third-order valence-electron chi connectivity index (χ3n) is 3.53. The van der Waals surface area contributed by atoms with Gasteiger partial charge in [0.15, 0.2) is 0 Å². The van der Waals surface area contributed by atoms with Crippen molar-refractivity contribution in [3.05, 3.63) is 65.2 Å². The van der Waals surface area contributed by atoms with E-state index in [1.54, 1.807) is 0 Å². The van der Waals surface area contributed by atoms with E-state index >= 15 is 0 Å². The first-order chi connectivity index (χ1) is 10.1. The van der Waals surface area contributed by atoms with Crippen LogP contribution in [0.4, 0.5) is 5.69 Å². The lowest BCUT2D eigenvalue weighted by atomic mass is 10.0. The lowest BCUT2D eigenvalue weighted by Gasteiger charge is -2.21. The van der Waals surface area contributed by atoms with Crippen LogP contribution in [0.15, 0.2) is 48.5 Å². The molecular weight excluding hydrogens is 262 g/mol. The van der Waals surface area contributed by atoms with Crippen molar-refractivity contribution in [2.24, 2.45) is 0 Å². The van der Waals surface area contributed by atoms with E-state index in [4.69, 9.17) is 4.74 Å². The van der Waals surface area contributed by atoms with E-state index in [1.165, 1.54) is 18.4 Å². The monoisotopic (exact) mass is 283 g/mol. The van der Waals surface area contributed by atoms with Gasteiger partial charge in [0.2, 0.25) is 0 Å². The van der Waals surface area contributed by atoms with Gasteiger partial charge < -0.3 is 9.64 Å². The fourth-order valence-corrected chi connectivity index (χ4v) is 2.32. The summed E-state index contributed by atoms with van der Waals surface area (Å²) < 4.78 is 4.76. The van der Waals surface area contributed by atoms with Crippen LogP contribution in [0.1, 0.15) is 16.7 Å². The van der Waals surface area contributed by atoms with E-state index in [9.17, 15) is 4.79 Å². The molecule has 3 heteroatoms. The Labute approximate surface area is 126 Å². The molecule has 21 heavy (non-hydrogen) atoms. The van der Waals surface area contributed by atoms with Gasteiger partial charge in [0.05, 0.1) is 13.5 Å². The Balaban J connectivity index is 2.17. The number of hydrogen-bond donors (Lipinski definition) is 0. The minimum atomic E-state index is -0.208. The Hall–Kier alpha value is -2.29. The molecule has 110 valence electrons. The Kier molecular flexibility index (Phi) is 4.99. The second-order valence-corrected chi connectivity index (χ2v) is 5.22. The van der Waals surface area contributed by atoms with Crippen LogP contribution in [0.2, 0.25) is 0 Å². The second kappa shape index (κ2) is 6.93. The van der Waals surface area contributed by atoms with Crippen LogP contribution in [0.25, 0.3) is 0 Å². The molecule has 3 nitrogen and oxygen atoms in total. The molecule has 0 saturated carbocycles. The molecule has 2 aromatic rings. The molecule has 0 radical (unpaired) electrons. The molecule has 0 heterocycles. The highest BCUT2D eigenvalue weighted by molar-refractivity contribution is 5.73. The molecule has 0 aliphatic carbocycles. The van der Waals surface area contributed by atoms with Crippen molar-refractivity contribution in [3.8, 4) is 0 Å². The fraction of sp³-hybridized carbons (Fsp3) is 0.278. The molecule has 0 fully saturated rings. The van der Waals surface area contributed by atoms with Gasteiger partial charge in [0, 0.05) is 19.3 Å².